The Morgan fingerprint density at radius 2 is 2.06 bits per heavy atom. The van der Waals surface area contributed by atoms with Gasteiger partial charge in [-0.2, -0.15) is 0 Å². The molecule has 0 aromatic heterocycles. The maximum atomic E-state index is 10.6. The van der Waals surface area contributed by atoms with E-state index in [1.807, 2.05) is 12.1 Å². The summed E-state index contributed by atoms with van der Waals surface area (Å²) >= 11 is 6.48. The maximum Gasteiger partial charge on any atom is 0.269 e. The molecule has 0 aliphatic heterocycles. The molecule has 4 heteroatoms. The SMILES string of the molecule is CC1CCCC1C(Cl)Cc1ccc([N+](=O)[O-])cc1. The predicted molar refractivity (Wildman–Crippen MR) is 72.9 cm³/mol. The fraction of sp³-hybridized carbons (Fsp3) is 0.571. The molecule has 0 bridgehead atoms. The zero-order valence-electron chi connectivity index (χ0n) is 10.5. The van der Waals surface area contributed by atoms with E-state index in [1.165, 1.54) is 19.3 Å². The van der Waals surface area contributed by atoms with Crippen LogP contribution in [-0.4, -0.2) is 10.3 Å². The monoisotopic (exact) mass is 267 g/mol. The van der Waals surface area contributed by atoms with Crippen LogP contribution in [0.15, 0.2) is 24.3 Å². The molecule has 1 aliphatic carbocycles. The van der Waals surface area contributed by atoms with E-state index in [2.05, 4.69) is 6.92 Å². The van der Waals surface area contributed by atoms with Crippen LogP contribution in [0, 0.1) is 22.0 Å². The Kier molecular flexibility index (Phi) is 4.23. The number of nitrogens with zero attached hydrogens (tertiary/aromatic N) is 1. The summed E-state index contributed by atoms with van der Waals surface area (Å²) in [6.45, 7) is 2.27. The number of nitro groups is 1. The van der Waals surface area contributed by atoms with Gasteiger partial charge < -0.3 is 0 Å². The van der Waals surface area contributed by atoms with Crippen molar-refractivity contribution in [2.75, 3.05) is 0 Å². The zero-order valence-corrected chi connectivity index (χ0v) is 11.3. The molecule has 0 N–H and O–H groups in total. The summed E-state index contributed by atoms with van der Waals surface area (Å²) in [7, 11) is 0. The van der Waals surface area contributed by atoms with E-state index in [9.17, 15) is 10.1 Å². The number of halogens is 1. The van der Waals surface area contributed by atoms with Crippen molar-refractivity contribution >= 4 is 17.3 Å². The highest BCUT2D eigenvalue weighted by molar-refractivity contribution is 6.21. The minimum Gasteiger partial charge on any atom is -0.258 e. The van der Waals surface area contributed by atoms with E-state index in [-0.39, 0.29) is 16.0 Å². The summed E-state index contributed by atoms with van der Waals surface area (Å²) in [6, 6.07) is 6.73. The molecule has 0 saturated heterocycles. The van der Waals surface area contributed by atoms with E-state index in [0.29, 0.717) is 11.8 Å². The summed E-state index contributed by atoms with van der Waals surface area (Å²) in [6.07, 6.45) is 4.56. The molecule has 3 unspecified atom stereocenters. The van der Waals surface area contributed by atoms with E-state index in [1.54, 1.807) is 12.1 Å². The minimum absolute atomic E-state index is 0.138. The molecule has 0 spiro atoms. The molecule has 0 radical (unpaired) electrons. The lowest BCUT2D eigenvalue weighted by atomic mass is 9.91. The first-order valence-corrected chi connectivity index (χ1v) is 6.89. The number of nitro benzene ring substituents is 1. The van der Waals surface area contributed by atoms with Gasteiger partial charge in [0.25, 0.3) is 5.69 Å². The lowest BCUT2D eigenvalue weighted by molar-refractivity contribution is -0.384. The Bertz CT molecular complexity index is 418. The van der Waals surface area contributed by atoms with E-state index < -0.39 is 0 Å². The van der Waals surface area contributed by atoms with Gasteiger partial charge in [-0.05, 0) is 30.2 Å². The number of benzene rings is 1. The van der Waals surface area contributed by atoms with Gasteiger partial charge in [0.1, 0.15) is 0 Å². The van der Waals surface area contributed by atoms with E-state index >= 15 is 0 Å². The molecule has 3 atom stereocenters. The second-order valence-electron chi connectivity index (χ2n) is 5.22. The molecule has 1 aromatic rings. The minimum atomic E-state index is -0.374. The van der Waals surface area contributed by atoms with Crippen molar-refractivity contribution < 1.29 is 4.92 Å². The third-order valence-electron chi connectivity index (χ3n) is 3.97. The highest BCUT2D eigenvalue weighted by atomic mass is 35.5. The molecular formula is C14H18ClNO2. The first-order valence-electron chi connectivity index (χ1n) is 6.45. The van der Waals surface area contributed by atoms with Crippen molar-refractivity contribution in [3.8, 4) is 0 Å². The average molecular weight is 268 g/mol. The van der Waals surface area contributed by atoms with Crippen LogP contribution in [0.1, 0.15) is 31.7 Å². The lowest BCUT2D eigenvalue weighted by Gasteiger charge is -2.21. The number of hydrogen-bond acceptors (Lipinski definition) is 2. The Morgan fingerprint density at radius 1 is 1.39 bits per heavy atom. The Balaban J connectivity index is 1.98. The number of alkyl halides is 1. The molecule has 1 saturated carbocycles. The first kappa shape index (κ1) is 13.3. The fourth-order valence-electron chi connectivity index (χ4n) is 2.84. The highest BCUT2D eigenvalue weighted by Gasteiger charge is 2.29. The zero-order chi connectivity index (χ0) is 13.1. The van der Waals surface area contributed by atoms with Crippen molar-refractivity contribution in [2.24, 2.45) is 11.8 Å². The quantitative estimate of drug-likeness (QED) is 0.467. The third-order valence-corrected chi connectivity index (χ3v) is 4.45. The fourth-order valence-corrected chi connectivity index (χ4v) is 3.39. The molecule has 18 heavy (non-hydrogen) atoms. The molecule has 98 valence electrons. The molecule has 1 aromatic carbocycles. The molecule has 1 fully saturated rings. The largest absolute Gasteiger partial charge is 0.269 e. The van der Waals surface area contributed by atoms with Crippen LogP contribution in [0.2, 0.25) is 0 Å². The van der Waals surface area contributed by atoms with Gasteiger partial charge in [-0.1, -0.05) is 31.9 Å². The van der Waals surface area contributed by atoms with Crippen LogP contribution < -0.4 is 0 Å². The highest BCUT2D eigenvalue weighted by Crippen LogP contribution is 2.37. The van der Waals surface area contributed by atoms with Crippen molar-refractivity contribution in [1.82, 2.24) is 0 Å². The maximum absolute atomic E-state index is 10.6. The molecular weight excluding hydrogens is 250 g/mol. The van der Waals surface area contributed by atoms with Crippen LogP contribution in [0.3, 0.4) is 0 Å². The topological polar surface area (TPSA) is 43.1 Å². The Labute approximate surface area is 112 Å². The van der Waals surface area contributed by atoms with Crippen LogP contribution in [0.5, 0.6) is 0 Å². The van der Waals surface area contributed by atoms with Crippen LogP contribution in [-0.2, 0) is 6.42 Å². The second kappa shape index (κ2) is 5.70. The van der Waals surface area contributed by atoms with Crippen molar-refractivity contribution in [1.29, 1.82) is 0 Å². The van der Waals surface area contributed by atoms with Crippen LogP contribution in [0.4, 0.5) is 5.69 Å². The van der Waals surface area contributed by atoms with Crippen molar-refractivity contribution in [2.45, 2.75) is 38.0 Å². The number of non-ortho nitro benzene ring substituents is 1. The molecule has 0 amide bonds. The molecule has 2 rings (SSSR count). The van der Waals surface area contributed by atoms with Crippen LogP contribution >= 0.6 is 11.6 Å². The van der Waals surface area contributed by atoms with Gasteiger partial charge in [0.15, 0.2) is 0 Å². The summed E-state index contributed by atoms with van der Waals surface area (Å²) in [4.78, 5) is 10.2. The van der Waals surface area contributed by atoms with Gasteiger partial charge in [0.2, 0.25) is 0 Å². The molecule has 0 heterocycles. The van der Waals surface area contributed by atoms with Gasteiger partial charge in [-0.25, -0.2) is 0 Å². The third kappa shape index (κ3) is 3.02. The summed E-state index contributed by atoms with van der Waals surface area (Å²) in [5.74, 6) is 1.28. The van der Waals surface area contributed by atoms with Gasteiger partial charge in [-0.15, -0.1) is 11.6 Å². The summed E-state index contributed by atoms with van der Waals surface area (Å²) in [5, 5.41) is 10.7. The smallest absolute Gasteiger partial charge is 0.258 e. The average Bonchev–Trinajstić information content (AvgIpc) is 2.76. The van der Waals surface area contributed by atoms with Crippen molar-refractivity contribution in [3.63, 3.8) is 0 Å². The lowest BCUT2D eigenvalue weighted by Crippen LogP contribution is -2.19. The van der Waals surface area contributed by atoms with Gasteiger partial charge in [0.05, 0.1) is 4.92 Å². The summed E-state index contributed by atoms with van der Waals surface area (Å²) in [5.41, 5.74) is 1.22. The second-order valence-corrected chi connectivity index (χ2v) is 5.78. The molecule has 3 nitrogen and oxygen atoms in total. The summed E-state index contributed by atoms with van der Waals surface area (Å²) < 4.78 is 0. The van der Waals surface area contributed by atoms with Gasteiger partial charge in [0, 0.05) is 17.5 Å². The van der Waals surface area contributed by atoms with Crippen LogP contribution in [0.25, 0.3) is 0 Å². The van der Waals surface area contributed by atoms with E-state index in [4.69, 9.17) is 11.6 Å². The van der Waals surface area contributed by atoms with Gasteiger partial charge in [-0.3, -0.25) is 10.1 Å². The normalized spacial score (nSPS) is 25.0. The van der Waals surface area contributed by atoms with E-state index in [0.717, 1.165) is 12.0 Å². The van der Waals surface area contributed by atoms with Gasteiger partial charge >= 0.3 is 0 Å². The Morgan fingerprint density at radius 3 is 2.56 bits per heavy atom. The Hall–Kier alpha value is -1.09. The number of rotatable bonds is 4. The van der Waals surface area contributed by atoms with Crippen molar-refractivity contribution in [3.05, 3.63) is 39.9 Å². The first-order chi connectivity index (χ1) is 8.58. The number of hydrogen-bond donors (Lipinski definition) is 0. The molecule has 1 aliphatic rings. The standard InChI is InChI=1S/C14H18ClNO2/c1-10-3-2-4-13(10)14(15)9-11-5-7-12(8-6-11)16(17)18/h5-8,10,13-14H,2-4,9H2,1H3. The predicted octanol–water partition coefficient (Wildman–Crippen LogP) is 4.18.